The minimum atomic E-state index is 0.231. The molecule has 0 spiro atoms. The summed E-state index contributed by atoms with van der Waals surface area (Å²) in [5.74, 6) is 2.22. The monoisotopic (exact) mass is 357 g/mol. The molecule has 5 heteroatoms. The molecule has 2 aromatic rings. The van der Waals surface area contributed by atoms with E-state index in [1.54, 1.807) is 6.26 Å². The van der Waals surface area contributed by atoms with Gasteiger partial charge in [-0.25, -0.2) is 4.99 Å². The number of nitrogens with one attached hydrogen (secondary N) is 2. The summed E-state index contributed by atoms with van der Waals surface area (Å²) in [6.07, 6.45) is 5.55. The molecular formula is C21H31N3O2. The Morgan fingerprint density at radius 2 is 1.96 bits per heavy atom. The van der Waals surface area contributed by atoms with E-state index in [0.717, 1.165) is 50.5 Å². The van der Waals surface area contributed by atoms with Crippen LogP contribution in [0, 0.1) is 5.92 Å². The van der Waals surface area contributed by atoms with E-state index >= 15 is 0 Å². The van der Waals surface area contributed by atoms with Crippen molar-refractivity contribution in [1.82, 2.24) is 10.6 Å². The normalized spacial score (nSPS) is 12.8. The summed E-state index contributed by atoms with van der Waals surface area (Å²) in [5, 5.41) is 16.1. The van der Waals surface area contributed by atoms with E-state index < -0.39 is 0 Å². The molecule has 5 nitrogen and oxygen atoms in total. The second kappa shape index (κ2) is 12.1. The van der Waals surface area contributed by atoms with Gasteiger partial charge in [-0.05, 0) is 36.5 Å². The Bertz CT molecular complexity index is 605. The van der Waals surface area contributed by atoms with Gasteiger partial charge in [-0.3, -0.25) is 0 Å². The number of rotatable bonds is 11. The highest BCUT2D eigenvalue weighted by molar-refractivity contribution is 5.79. The molecule has 142 valence electrons. The highest BCUT2D eigenvalue weighted by Crippen LogP contribution is 2.09. The zero-order valence-corrected chi connectivity index (χ0v) is 15.7. The van der Waals surface area contributed by atoms with Crippen molar-refractivity contribution in [3.63, 3.8) is 0 Å². The fraction of sp³-hybridized carbons (Fsp3) is 0.476. The molecule has 0 aliphatic rings. The van der Waals surface area contributed by atoms with E-state index in [0.29, 0.717) is 12.5 Å². The van der Waals surface area contributed by atoms with Gasteiger partial charge in [-0.15, -0.1) is 0 Å². The van der Waals surface area contributed by atoms with Gasteiger partial charge in [-0.2, -0.15) is 0 Å². The van der Waals surface area contributed by atoms with Gasteiger partial charge in [0, 0.05) is 26.1 Å². The van der Waals surface area contributed by atoms with Crippen molar-refractivity contribution in [2.24, 2.45) is 10.9 Å². The second-order valence-corrected chi connectivity index (χ2v) is 6.45. The molecule has 0 amide bonds. The molecule has 0 aliphatic carbocycles. The van der Waals surface area contributed by atoms with Crippen molar-refractivity contribution in [2.45, 2.75) is 39.2 Å². The molecule has 0 radical (unpaired) electrons. The lowest BCUT2D eigenvalue weighted by Gasteiger charge is -2.18. The first kappa shape index (κ1) is 20.0. The van der Waals surface area contributed by atoms with Crippen molar-refractivity contribution in [2.75, 3.05) is 19.7 Å². The zero-order valence-electron chi connectivity index (χ0n) is 15.7. The fourth-order valence-corrected chi connectivity index (χ4v) is 2.87. The molecular weight excluding hydrogens is 326 g/mol. The van der Waals surface area contributed by atoms with Crippen LogP contribution in [0.3, 0.4) is 0 Å². The van der Waals surface area contributed by atoms with Gasteiger partial charge in [0.2, 0.25) is 0 Å². The number of benzene rings is 1. The number of nitrogens with zero attached hydrogens (tertiary/aromatic N) is 1. The summed E-state index contributed by atoms with van der Waals surface area (Å²) in [6.45, 7) is 4.61. The average molecular weight is 357 g/mol. The summed E-state index contributed by atoms with van der Waals surface area (Å²) < 4.78 is 5.38. The van der Waals surface area contributed by atoms with E-state index in [1.165, 1.54) is 5.56 Å². The molecule has 2 rings (SSSR count). The van der Waals surface area contributed by atoms with Crippen LogP contribution in [-0.4, -0.2) is 30.8 Å². The molecule has 26 heavy (non-hydrogen) atoms. The van der Waals surface area contributed by atoms with Gasteiger partial charge in [0.15, 0.2) is 5.96 Å². The SMILES string of the molecule is CCCC(CCO)CNC(=NCc1ccccc1)NCCc1ccco1. The quantitative estimate of drug-likeness (QED) is 0.426. The third-order valence-corrected chi connectivity index (χ3v) is 4.30. The molecule has 0 saturated carbocycles. The van der Waals surface area contributed by atoms with E-state index in [1.807, 2.05) is 30.3 Å². The first-order valence-electron chi connectivity index (χ1n) is 9.51. The number of furan rings is 1. The van der Waals surface area contributed by atoms with Crippen molar-refractivity contribution in [3.8, 4) is 0 Å². The smallest absolute Gasteiger partial charge is 0.191 e. The van der Waals surface area contributed by atoms with Crippen molar-refractivity contribution >= 4 is 5.96 Å². The first-order chi connectivity index (χ1) is 12.8. The predicted octanol–water partition coefficient (Wildman–Crippen LogP) is 3.36. The molecule has 1 heterocycles. The van der Waals surface area contributed by atoms with Crippen molar-refractivity contribution in [1.29, 1.82) is 0 Å². The van der Waals surface area contributed by atoms with Crippen LogP contribution in [0.1, 0.15) is 37.5 Å². The Kier molecular flexibility index (Phi) is 9.36. The Labute approximate surface area is 156 Å². The van der Waals surface area contributed by atoms with E-state index in [9.17, 15) is 5.11 Å². The van der Waals surface area contributed by atoms with Gasteiger partial charge < -0.3 is 20.2 Å². The highest BCUT2D eigenvalue weighted by atomic mass is 16.3. The standard InChI is InChI=1S/C21H31N3O2/c1-2-7-18(12-14-25)16-23-21(22-13-11-20-10-6-15-26-20)24-17-19-8-4-3-5-9-19/h3-6,8-10,15,18,25H,2,7,11-14,16-17H2,1H3,(H2,22,23,24). The topological polar surface area (TPSA) is 69.8 Å². The van der Waals surface area contributed by atoms with Crippen LogP contribution in [0.15, 0.2) is 58.1 Å². The molecule has 0 aliphatic heterocycles. The van der Waals surface area contributed by atoms with Crippen LogP contribution in [0.5, 0.6) is 0 Å². The van der Waals surface area contributed by atoms with E-state index in [2.05, 4.69) is 29.7 Å². The molecule has 0 bridgehead atoms. The lowest BCUT2D eigenvalue weighted by Crippen LogP contribution is -2.41. The highest BCUT2D eigenvalue weighted by Gasteiger charge is 2.08. The number of aliphatic hydroxyl groups excluding tert-OH is 1. The largest absolute Gasteiger partial charge is 0.469 e. The molecule has 0 saturated heterocycles. The summed E-state index contributed by atoms with van der Waals surface area (Å²) in [4.78, 5) is 4.71. The zero-order chi connectivity index (χ0) is 18.5. The van der Waals surface area contributed by atoms with E-state index in [4.69, 9.17) is 9.41 Å². The maximum atomic E-state index is 9.24. The minimum absolute atomic E-state index is 0.231. The second-order valence-electron chi connectivity index (χ2n) is 6.45. The van der Waals surface area contributed by atoms with E-state index in [-0.39, 0.29) is 6.61 Å². The number of hydrogen-bond donors (Lipinski definition) is 3. The van der Waals surface area contributed by atoms with Gasteiger partial charge in [-0.1, -0.05) is 43.7 Å². The molecule has 1 unspecified atom stereocenters. The maximum absolute atomic E-state index is 9.24. The summed E-state index contributed by atoms with van der Waals surface area (Å²) in [5.41, 5.74) is 1.18. The summed E-state index contributed by atoms with van der Waals surface area (Å²) in [6, 6.07) is 14.1. The molecule has 3 N–H and O–H groups in total. The molecule has 1 aromatic carbocycles. The van der Waals surface area contributed by atoms with Crippen LogP contribution < -0.4 is 10.6 Å². The third kappa shape index (κ3) is 7.74. The minimum Gasteiger partial charge on any atom is -0.469 e. The predicted molar refractivity (Wildman–Crippen MR) is 106 cm³/mol. The van der Waals surface area contributed by atoms with Gasteiger partial charge >= 0.3 is 0 Å². The van der Waals surface area contributed by atoms with Crippen molar-refractivity contribution in [3.05, 3.63) is 60.1 Å². The van der Waals surface area contributed by atoms with Crippen LogP contribution in [-0.2, 0) is 13.0 Å². The average Bonchev–Trinajstić information content (AvgIpc) is 3.18. The number of aliphatic hydroxyl groups is 1. The van der Waals surface area contributed by atoms with Crippen LogP contribution in [0.25, 0.3) is 0 Å². The molecule has 1 atom stereocenters. The number of aliphatic imine (C=N–C) groups is 1. The Morgan fingerprint density at radius 1 is 1.12 bits per heavy atom. The van der Waals surface area contributed by atoms with Gasteiger partial charge in [0.1, 0.15) is 5.76 Å². The third-order valence-electron chi connectivity index (χ3n) is 4.30. The lowest BCUT2D eigenvalue weighted by molar-refractivity contribution is 0.251. The molecule has 1 aromatic heterocycles. The number of hydrogen-bond acceptors (Lipinski definition) is 3. The van der Waals surface area contributed by atoms with Crippen LogP contribution in [0.2, 0.25) is 0 Å². The Morgan fingerprint density at radius 3 is 2.65 bits per heavy atom. The van der Waals surface area contributed by atoms with Crippen LogP contribution in [0.4, 0.5) is 0 Å². The Balaban J connectivity index is 1.90. The maximum Gasteiger partial charge on any atom is 0.191 e. The summed E-state index contributed by atoms with van der Waals surface area (Å²) >= 11 is 0. The van der Waals surface area contributed by atoms with Gasteiger partial charge in [0.05, 0.1) is 12.8 Å². The Hall–Kier alpha value is -2.27. The van der Waals surface area contributed by atoms with Gasteiger partial charge in [0.25, 0.3) is 0 Å². The first-order valence-corrected chi connectivity index (χ1v) is 9.51. The van der Waals surface area contributed by atoms with Crippen LogP contribution >= 0.6 is 0 Å². The summed E-state index contributed by atoms with van der Waals surface area (Å²) in [7, 11) is 0. The fourth-order valence-electron chi connectivity index (χ4n) is 2.87. The molecule has 0 fully saturated rings. The number of guanidine groups is 1. The lowest BCUT2D eigenvalue weighted by atomic mass is 10.0. The van der Waals surface area contributed by atoms with Crippen molar-refractivity contribution < 1.29 is 9.52 Å².